The molecule has 1 aliphatic heterocycles. The largest absolute Gasteiger partial charge is 0.517 e. The van der Waals surface area contributed by atoms with Crippen LogP contribution in [0, 0.1) is 11.8 Å². The minimum Gasteiger partial charge on any atom is -0.517 e. The van der Waals surface area contributed by atoms with E-state index < -0.39 is 49.0 Å². The van der Waals surface area contributed by atoms with Gasteiger partial charge in [-0.05, 0) is 45.5 Å². The van der Waals surface area contributed by atoms with E-state index in [1.54, 1.807) is 30.9 Å². The molecule has 12 nitrogen and oxygen atoms in total. The Hall–Kier alpha value is -3.81. The summed E-state index contributed by atoms with van der Waals surface area (Å²) in [5.74, 6) is -2.88. The van der Waals surface area contributed by atoms with Gasteiger partial charge in [0.15, 0.2) is 0 Å². The molecule has 238 valence electrons. The van der Waals surface area contributed by atoms with Gasteiger partial charge in [0.1, 0.15) is 17.8 Å². The van der Waals surface area contributed by atoms with Crippen LogP contribution in [0.15, 0.2) is 48.5 Å². The predicted octanol–water partition coefficient (Wildman–Crippen LogP) is 1.38. The molecule has 0 saturated carbocycles. The minimum absolute atomic E-state index is 0.0986. The highest BCUT2D eigenvalue weighted by atomic mass is 16.5. The molecule has 0 bridgehead atoms. The van der Waals surface area contributed by atoms with Crippen LogP contribution in [-0.4, -0.2) is 109 Å². The molecule has 1 aliphatic rings. The molecule has 3 rings (SSSR count). The van der Waals surface area contributed by atoms with E-state index in [4.69, 9.17) is 9.39 Å². The lowest BCUT2D eigenvalue weighted by atomic mass is 9.68. The van der Waals surface area contributed by atoms with E-state index in [9.17, 15) is 24.3 Å². The fraction of sp³-hybridized carbons (Fsp3) is 0.516. The third-order valence-electron chi connectivity index (χ3n) is 7.58. The van der Waals surface area contributed by atoms with Crippen molar-refractivity contribution in [3.05, 3.63) is 54.2 Å². The van der Waals surface area contributed by atoms with E-state index in [1.807, 2.05) is 56.1 Å². The zero-order valence-corrected chi connectivity index (χ0v) is 26.5. The van der Waals surface area contributed by atoms with Gasteiger partial charge < -0.3 is 30.0 Å². The first kappa shape index (κ1) is 34.7. The zero-order chi connectivity index (χ0) is 32.6. The second-order valence-corrected chi connectivity index (χ2v) is 11.9. The van der Waals surface area contributed by atoms with Gasteiger partial charge in [-0.3, -0.25) is 24.0 Å². The zero-order valence-electron chi connectivity index (χ0n) is 26.5. The van der Waals surface area contributed by atoms with E-state index >= 15 is 0 Å². The normalized spacial score (nSPS) is 18.0. The van der Waals surface area contributed by atoms with Crippen molar-refractivity contribution in [2.75, 3.05) is 34.3 Å². The maximum Gasteiger partial charge on any atom is 0.475 e. The molecule has 3 N–H and O–H groups in total. The van der Waals surface area contributed by atoms with Crippen LogP contribution in [0.1, 0.15) is 44.6 Å². The van der Waals surface area contributed by atoms with Gasteiger partial charge in [0, 0.05) is 18.7 Å². The second-order valence-electron chi connectivity index (χ2n) is 11.9. The molecule has 0 aliphatic carbocycles. The van der Waals surface area contributed by atoms with Crippen molar-refractivity contribution in [2.45, 2.75) is 58.2 Å². The van der Waals surface area contributed by atoms with Gasteiger partial charge in [-0.1, -0.05) is 57.2 Å². The average molecular weight is 610 g/mol. The highest BCUT2D eigenvalue weighted by Crippen LogP contribution is 2.21. The molecule has 0 spiro atoms. The summed E-state index contributed by atoms with van der Waals surface area (Å²) in [4.78, 5) is 59.6. The number of nitrogens with zero attached hydrogens (tertiary/aromatic N) is 3. The molecule has 0 radical (unpaired) electrons. The van der Waals surface area contributed by atoms with Crippen LogP contribution in [0.2, 0.25) is 0 Å². The lowest BCUT2D eigenvalue weighted by molar-refractivity contribution is -0.145. The first-order valence-electron chi connectivity index (χ1n) is 14.8. The van der Waals surface area contributed by atoms with Gasteiger partial charge in [0.05, 0.1) is 30.8 Å². The molecule has 1 aromatic carbocycles. The lowest BCUT2D eigenvalue weighted by Gasteiger charge is -2.30. The Kier molecular flexibility index (Phi) is 12.4. The number of amides is 2. The summed E-state index contributed by atoms with van der Waals surface area (Å²) in [6.07, 6.45) is -0.755. The maximum atomic E-state index is 13.5. The number of likely N-dealkylation sites (N-methyl/N-ethyl adjacent to an activating group) is 2. The van der Waals surface area contributed by atoms with Gasteiger partial charge in [0.25, 0.3) is 5.91 Å². The van der Waals surface area contributed by atoms with Crippen LogP contribution in [0.25, 0.3) is 11.3 Å². The molecule has 5 atom stereocenters. The van der Waals surface area contributed by atoms with Crippen molar-refractivity contribution in [3.8, 4) is 11.3 Å². The molecule has 13 heteroatoms. The first-order chi connectivity index (χ1) is 20.8. The molecule has 0 unspecified atom stereocenters. The van der Waals surface area contributed by atoms with Gasteiger partial charge in [0.2, 0.25) is 5.91 Å². The van der Waals surface area contributed by atoms with Crippen molar-refractivity contribution in [3.63, 3.8) is 0 Å². The number of hydrogen-bond donors (Lipinski definition) is 3. The van der Waals surface area contributed by atoms with Gasteiger partial charge in [-0.25, -0.2) is 4.98 Å². The number of benzene rings is 1. The topological polar surface area (TPSA) is 150 Å². The number of methoxy groups -OCH3 is 1. The quantitative estimate of drug-likeness (QED) is 0.212. The van der Waals surface area contributed by atoms with E-state index in [0.717, 1.165) is 5.56 Å². The molecule has 2 heterocycles. The standard InChI is InChI=1S/C31H44BN5O7/c1-19(2)16-26(32-37(6)25(31(42)44-32)18-36(5)17-20(3)30(41)43-7)34-29(40)27(21(4)38)35-28(39)24-15-11-14-23(33-24)22-12-9-8-10-13-22/h8-15,19-21,25-27,38H,16-18H2,1-7H3,(H,34,40)(H,35,39)/t20-,21+,25-,26-,27-/m0/s1. The SMILES string of the molecule is COC(=O)[C@@H](C)CN(C)C[C@H]1C(=O)OB([C@H](CC(C)C)NC(=O)[C@@H](NC(=O)c2cccc(-c3ccccc3)n2)[C@@H](C)O)N1C. The number of ether oxygens (including phenoxy) is 1. The number of hydrogen-bond acceptors (Lipinski definition) is 10. The van der Waals surface area contributed by atoms with Crippen molar-refractivity contribution in [1.82, 2.24) is 25.3 Å². The number of carbonyl (C=O) groups is 4. The Bertz CT molecular complexity index is 1300. The molecular formula is C31H44BN5O7. The number of pyridine rings is 1. The summed E-state index contributed by atoms with van der Waals surface area (Å²) in [6.45, 7) is 7.82. The van der Waals surface area contributed by atoms with Crippen LogP contribution in [0.3, 0.4) is 0 Å². The molecule has 1 saturated heterocycles. The van der Waals surface area contributed by atoms with Gasteiger partial charge in [-0.15, -0.1) is 0 Å². The van der Waals surface area contributed by atoms with Gasteiger partial charge >= 0.3 is 19.0 Å². The van der Waals surface area contributed by atoms with E-state index in [2.05, 4.69) is 15.6 Å². The summed E-state index contributed by atoms with van der Waals surface area (Å²) < 4.78 is 10.6. The third kappa shape index (κ3) is 9.10. The fourth-order valence-corrected chi connectivity index (χ4v) is 5.28. The average Bonchev–Trinajstić information content (AvgIpc) is 3.27. The summed E-state index contributed by atoms with van der Waals surface area (Å²) in [5.41, 5.74) is 1.53. The smallest absolute Gasteiger partial charge is 0.475 e. The summed E-state index contributed by atoms with van der Waals surface area (Å²) in [7, 11) is 4.11. The minimum atomic E-state index is -1.29. The molecule has 1 aromatic heterocycles. The summed E-state index contributed by atoms with van der Waals surface area (Å²) in [5, 5.41) is 16.0. The first-order valence-corrected chi connectivity index (χ1v) is 14.8. The number of esters is 1. The molecule has 2 aromatic rings. The van der Waals surface area contributed by atoms with E-state index in [-0.39, 0.29) is 23.5 Å². The Balaban J connectivity index is 1.72. The number of rotatable bonds is 14. The molecule has 2 amide bonds. The number of carbonyl (C=O) groups excluding carboxylic acids is 4. The number of nitrogens with one attached hydrogen (secondary N) is 2. The van der Waals surface area contributed by atoms with Crippen molar-refractivity contribution in [2.24, 2.45) is 11.8 Å². The van der Waals surface area contributed by atoms with Gasteiger partial charge in [-0.2, -0.15) is 0 Å². The highest BCUT2D eigenvalue weighted by molar-refractivity contribution is 6.55. The van der Waals surface area contributed by atoms with Crippen LogP contribution in [-0.2, 0) is 23.8 Å². The molecular weight excluding hydrogens is 565 g/mol. The maximum absolute atomic E-state index is 13.5. The van der Waals surface area contributed by atoms with E-state index in [0.29, 0.717) is 25.2 Å². The number of aromatic nitrogens is 1. The Morgan fingerprint density at radius 2 is 1.77 bits per heavy atom. The number of aliphatic hydroxyl groups excluding tert-OH is 1. The van der Waals surface area contributed by atoms with Crippen LogP contribution >= 0.6 is 0 Å². The van der Waals surface area contributed by atoms with E-state index in [1.165, 1.54) is 20.1 Å². The number of aliphatic hydroxyl groups is 1. The van der Waals surface area contributed by atoms with Crippen LogP contribution in [0.5, 0.6) is 0 Å². The van der Waals surface area contributed by atoms with Crippen molar-refractivity contribution in [1.29, 1.82) is 0 Å². The Labute approximate surface area is 259 Å². The molecule has 1 fully saturated rings. The molecule has 44 heavy (non-hydrogen) atoms. The fourth-order valence-electron chi connectivity index (χ4n) is 5.28. The Morgan fingerprint density at radius 3 is 2.39 bits per heavy atom. The predicted molar refractivity (Wildman–Crippen MR) is 166 cm³/mol. The summed E-state index contributed by atoms with van der Waals surface area (Å²) >= 11 is 0. The van der Waals surface area contributed by atoms with Crippen LogP contribution in [0.4, 0.5) is 0 Å². The lowest BCUT2D eigenvalue weighted by Crippen LogP contribution is -2.60. The van der Waals surface area contributed by atoms with Crippen LogP contribution < -0.4 is 10.6 Å². The highest BCUT2D eigenvalue weighted by Gasteiger charge is 2.49. The van der Waals surface area contributed by atoms with Crippen molar-refractivity contribution >= 4 is 30.8 Å². The second kappa shape index (κ2) is 15.8. The van der Waals surface area contributed by atoms with Crippen molar-refractivity contribution < 1.29 is 33.7 Å². The third-order valence-corrected chi connectivity index (χ3v) is 7.58. The summed E-state index contributed by atoms with van der Waals surface area (Å²) in [6, 6.07) is 12.5. The monoisotopic (exact) mass is 609 g/mol. The Morgan fingerprint density at radius 1 is 1.09 bits per heavy atom.